The lowest BCUT2D eigenvalue weighted by Gasteiger charge is -2.09. The fourth-order valence-corrected chi connectivity index (χ4v) is 2.19. The summed E-state index contributed by atoms with van der Waals surface area (Å²) in [5.41, 5.74) is 3.03. The zero-order chi connectivity index (χ0) is 16.2. The predicted octanol–water partition coefficient (Wildman–Crippen LogP) is 3.07. The molecule has 1 heterocycles. The Labute approximate surface area is 131 Å². The van der Waals surface area contributed by atoms with Gasteiger partial charge in [0.15, 0.2) is 5.82 Å². The molecule has 0 radical (unpaired) electrons. The number of hydrogen-bond donors (Lipinski definition) is 2. The van der Waals surface area contributed by atoms with E-state index in [4.69, 9.17) is 5.21 Å². The summed E-state index contributed by atoms with van der Waals surface area (Å²) in [6.07, 6.45) is 1.31. The lowest BCUT2D eigenvalue weighted by molar-refractivity contribution is 0.0706. The molecule has 0 atom stereocenters. The third-order valence-electron chi connectivity index (χ3n) is 3.26. The summed E-state index contributed by atoms with van der Waals surface area (Å²) in [5, 5.41) is 8.87. The first-order valence-corrected chi connectivity index (χ1v) is 6.82. The molecule has 0 fully saturated rings. The molecule has 2 N–H and O–H groups in total. The van der Waals surface area contributed by atoms with Crippen molar-refractivity contribution in [3.8, 4) is 22.6 Å². The quantitative estimate of drug-likeness (QED) is 0.576. The Balaban J connectivity index is 2.19. The molecule has 0 spiro atoms. The van der Waals surface area contributed by atoms with Gasteiger partial charge in [0, 0.05) is 17.3 Å². The van der Waals surface area contributed by atoms with E-state index in [9.17, 15) is 9.18 Å². The average molecular weight is 309 g/mol. The largest absolute Gasteiger partial charge is 0.288 e. The molecule has 0 saturated heterocycles. The second-order valence-corrected chi connectivity index (χ2v) is 4.77. The molecule has 3 aromatic rings. The van der Waals surface area contributed by atoms with Crippen molar-refractivity contribution in [3.05, 3.63) is 72.2 Å². The smallest absolute Gasteiger partial charge is 0.278 e. The van der Waals surface area contributed by atoms with Crippen molar-refractivity contribution < 1.29 is 14.4 Å². The molecule has 0 aliphatic carbocycles. The number of carbonyl (C=O) groups excluding carboxylic acids is 1. The van der Waals surface area contributed by atoms with Gasteiger partial charge in [0.25, 0.3) is 5.91 Å². The van der Waals surface area contributed by atoms with Crippen molar-refractivity contribution >= 4 is 5.91 Å². The Kier molecular flexibility index (Phi) is 4.07. The van der Waals surface area contributed by atoms with Gasteiger partial charge in [0.1, 0.15) is 5.82 Å². The maximum absolute atomic E-state index is 13.5. The number of hydroxylamine groups is 1. The molecule has 0 bridgehead atoms. The van der Waals surface area contributed by atoms with Crippen molar-refractivity contribution in [2.24, 2.45) is 0 Å². The maximum Gasteiger partial charge on any atom is 0.278 e. The highest BCUT2D eigenvalue weighted by Crippen LogP contribution is 2.25. The summed E-state index contributed by atoms with van der Waals surface area (Å²) in [4.78, 5) is 20.3. The third kappa shape index (κ3) is 3.07. The number of nitrogens with one attached hydrogen (secondary N) is 1. The molecule has 1 amide bonds. The van der Waals surface area contributed by atoms with Gasteiger partial charge in [-0.3, -0.25) is 10.0 Å². The van der Waals surface area contributed by atoms with Gasteiger partial charge < -0.3 is 0 Å². The van der Waals surface area contributed by atoms with Gasteiger partial charge in [-0.25, -0.2) is 19.8 Å². The topological polar surface area (TPSA) is 75.1 Å². The summed E-state index contributed by atoms with van der Waals surface area (Å²) in [6, 6.07) is 14.9. The van der Waals surface area contributed by atoms with Crippen LogP contribution in [0, 0.1) is 5.82 Å². The van der Waals surface area contributed by atoms with Crippen LogP contribution in [0.5, 0.6) is 0 Å². The van der Waals surface area contributed by atoms with Crippen molar-refractivity contribution in [2.45, 2.75) is 0 Å². The average Bonchev–Trinajstić information content (AvgIpc) is 2.61. The Morgan fingerprint density at radius 1 is 1.04 bits per heavy atom. The van der Waals surface area contributed by atoms with Crippen LogP contribution in [-0.4, -0.2) is 21.1 Å². The summed E-state index contributed by atoms with van der Waals surface area (Å²) >= 11 is 0. The van der Waals surface area contributed by atoms with Gasteiger partial charge in [-0.05, 0) is 12.1 Å². The van der Waals surface area contributed by atoms with Crippen molar-refractivity contribution in [1.82, 2.24) is 15.4 Å². The fraction of sp³-hybridized carbons (Fsp3) is 0. The molecule has 5 nitrogen and oxygen atoms in total. The molecule has 0 aliphatic heterocycles. The second kappa shape index (κ2) is 6.33. The Bertz CT molecular complexity index is 853. The first-order chi connectivity index (χ1) is 11.2. The molecule has 0 aliphatic rings. The van der Waals surface area contributed by atoms with Crippen LogP contribution in [-0.2, 0) is 0 Å². The third-order valence-corrected chi connectivity index (χ3v) is 3.26. The molecule has 114 valence electrons. The van der Waals surface area contributed by atoms with Gasteiger partial charge in [-0.2, -0.15) is 0 Å². The summed E-state index contributed by atoms with van der Waals surface area (Å²) in [7, 11) is 0. The number of benzene rings is 2. The number of hydrogen-bond acceptors (Lipinski definition) is 4. The number of rotatable bonds is 3. The number of carbonyl (C=O) groups is 1. The monoisotopic (exact) mass is 309 g/mol. The van der Waals surface area contributed by atoms with Gasteiger partial charge in [0.2, 0.25) is 0 Å². The lowest BCUT2D eigenvalue weighted by atomic mass is 10.1. The Morgan fingerprint density at radius 3 is 2.48 bits per heavy atom. The molecule has 0 unspecified atom stereocenters. The van der Waals surface area contributed by atoms with E-state index >= 15 is 0 Å². The van der Waals surface area contributed by atoms with Crippen molar-refractivity contribution in [2.75, 3.05) is 0 Å². The lowest BCUT2D eigenvalue weighted by Crippen LogP contribution is -2.20. The van der Waals surface area contributed by atoms with Gasteiger partial charge in [-0.1, -0.05) is 42.5 Å². The zero-order valence-electron chi connectivity index (χ0n) is 11.9. The first-order valence-electron chi connectivity index (χ1n) is 6.82. The van der Waals surface area contributed by atoms with Gasteiger partial charge in [-0.15, -0.1) is 0 Å². The first kappa shape index (κ1) is 14.8. The van der Waals surface area contributed by atoms with E-state index in [1.165, 1.54) is 24.4 Å². The van der Waals surface area contributed by atoms with E-state index in [0.29, 0.717) is 11.4 Å². The molecule has 1 aromatic heterocycles. The standard InChI is InChI=1S/C17H12FN3O2/c18-13-8-4-7-12(9-13)15-14(17(22)21-23)10-19-16(20-15)11-5-2-1-3-6-11/h1-10,23H,(H,21,22). The normalized spacial score (nSPS) is 10.3. The van der Waals surface area contributed by atoms with Gasteiger partial charge in [0.05, 0.1) is 11.3 Å². The Morgan fingerprint density at radius 2 is 1.78 bits per heavy atom. The van der Waals surface area contributed by atoms with E-state index in [2.05, 4.69) is 9.97 Å². The summed E-state index contributed by atoms with van der Waals surface area (Å²) in [6.45, 7) is 0. The minimum Gasteiger partial charge on any atom is -0.288 e. The molecule has 3 rings (SSSR count). The van der Waals surface area contributed by atoms with E-state index < -0.39 is 11.7 Å². The SMILES string of the molecule is O=C(NO)c1cnc(-c2ccccc2)nc1-c1cccc(F)c1. The van der Waals surface area contributed by atoms with E-state index in [-0.39, 0.29) is 11.3 Å². The second-order valence-electron chi connectivity index (χ2n) is 4.77. The predicted molar refractivity (Wildman–Crippen MR) is 82.1 cm³/mol. The van der Waals surface area contributed by atoms with Crippen LogP contribution < -0.4 is 5.48 Å². The highest BCUT2D eigenvalue weighted by molar-refractivity contribution is 5.99. The number of aromatic nitrogens is 2. The fourth-order valence-electron chi connectivity index (χ4n) is 2.19. The molecule has 2 aromatic carbocycles. The zero-order valence-corrected chi connectivity index (χ0v) is 11.9. The highest BCUT2D eigenvalue weighted by atomic mass is 19.1. The van der Waals surface area contributed by atoms with Crippen molar-refractivity contribution in [1.29, 1.82) is 0 Å². The van der Waals surface area contributed by atoms with Crippen LogP contribution in [0.3, 0.4) is 0 Å². The van der Waals surface area contributed by atoms with Crippen LogP contribution in [0.1, 0.15) is 10.4 Å². The van der Waals surface area contributed by atoms with E-state index in [1.807, 2.05) is 30.3 Å². The molecule has 23 heavy (non-hydrogen) atoms. The van der Waals surface area contributed by atoms with Crippen LogP contribution in [0.15, 0.2) is 60.8 Å². The minimum absolute atomic E-state index is 0.0535. The van der Waals surface area contributed by atoms with Crippen molar-refractivity contribution in [3.63, 3.8) is 0 Å². The van der Waals surface area contributed by atoms with E-state index in [0.717, 1.165) is 5.56 Å². The maximum atomic E-state index is 13.5. The summed E-state index contributed by atoms with van der Waals surface area (Å²) < 4.78 is 13.5. The van der Waals surface area contributed by atoms with Crippen LogP contribution >= 0.6 is 0 Å². The molecule has 0 saturated carbocycles. The number of halogens is 1. The number of nitrogens with zero attached hydrogens (tertiary/aromatic N) is 2. The van der Waals surface area contributed by atoms with Crippen LogP contribution in [0.2, 0.25) is 0 Å². The summed E-state index contributed by atoms with van der Waals surface area (Å²) in [5.74, 6) is -0.805. The van der Waals surface area contributed by atoms with Crippen LogP contribution in [0.4, 0.5) is 4.39 Å². The van der Waals surface area contributed by atoms with Gasteiger partial charge >= 0.3 is 0 Å². The Hall–Kier alpha value is -3.12. The molecular formula is C17H12FN3O2. The molecule has 6 heteroatoms. The highest BCUT2D eigenvalue weighted by Gasteiger charge is 2.16. The molecular weight excluding hydrogens is 297 g/mol. The number of amides is 1. The van der Waals surface area contributed by atoms with Crippen LogP contribution in [0.25, 0.3) is 22.6 Å². The minimum atomic E-state index is -0.760. The van der Waals surface area contributed by atoms with E-state index in [1.54, 1.807) is 11.5 Å².